The Hall–Kier alpha value is -2.07. The molecule has 4 nitrogen and oxygen atoms in total. The minimum Gasteiger partial charge on any atom is -0.482 e. The Morgan fingerprint density at radius 3 is 2.50 bits per heavy atom. The van der Waals surface area contributed by atoms with Crippen molar-refractivity contribution >= 4 is 23.2 Å². The number of aromatic nitrogens is 1. The molecule has 0 saturated carbocycles. The highest BCUT2D eigenvalue weighted by Gasteiger charge is 2.24. The van der Waals surface area contributed by atoms with Crippen LogP contribution in [-0.2, 0) is 0 Å². The van der Waals surface area contributed by atoms with Crippen molar-refractivity contribution in [2.45, 2.75) is 33.8 Å². The van der Waals surface area contributed by atoms with Crippen LogP contribution in [-0.4, -0.2) is 22.7 Å². The third kappa shape index (κ3) is 3.22. The van der Waals surface area contributed by atoms with Gasteiger partial charge in [-0.15, -0.1) is 0 Å². The van der Waals surface area contributed by atoms with Gasteiger partial charge in [0.2, 0.25) is 5.78 Å². The second-order valence-corrected chi connectivity index (χ2v) is 5.70. The van der Waals surface area contributed by atoms with E-state index in [9.17, 15) is 9.59 Å². The molecule has 2 aromatic rings. The van der Waals surface area contributed by atoms with Crippen LogP contribution in [0.3, 0.4) is 0 Å². The zero-order valence-corrected chi connectivity index (χ0v) is 13.7. The summed E-state index contributed by atoms with van der Waals surface area (Å²) in [6.07, 6.45) is -0.685. The number of hydrogen-bond donors (Lipinski definition) is 1. The van der Waals surface area contributed by atoms with E-state index in [0.717, 1.165) is 0 Å². The van der Waals surface area contributed by atoms with Gasteiger partial charge in [0.1, 0.15) is 5.75 Å². The van der Waals surface area contributed by atoms with Gasteiger partial charge >= 0.3 is 0 Å². The highest BCUT2D eigenvalue weighted by molar-refractivity contribution is 6.30. The fraction of sp³-hybridized carbons (Fsp3) is 0.294. The van der Waals surface area contributed by atoms with Crippen LogP contribution in [0.1, 0.15) is 46.0 Å². The topological polar surface area (TPSA) is 59.2 Å². The number of H-pyrrole nitrogens is 1. The molecular weight excluding hydrogens is 302 g/mol. The molecule has 0 aliphatic rings. The molecular formula is C17H18ClNO3. The number of benzene rings is 1. The van der Waals surface area contributed by atoms with Crippen LogP contribution in [0.2, 0.25) is 5.02 Å². The second-order valence-electron chi connectivity index (χ2n) is 5.26. The number of aromatic amines is 1. The van der Waals surface area contributed by atoms with Crippen LogP contribution >= 0.6 is 11.6 Å². The van der Waals surface area contributed by atoms with E-state index in [0.29, 0.717) is 33.3 Å². The summed E-state index contributed by atoms with van der Waals surface area (Å²) in [6, 6.07) is 6.88. The summed E-state index contributed by atoms with van der Waals surface area (Å²) >= 11 is 5.90. The Morgan fingerprint density at radius 1 is 1.27 bits per heavy atom. The standard InChI is InChI=1S/C17H18ClNO3/c1-9-15(11(3)20)10(2)19-16(9)17(21)12(4)22-14-7-5-6-13(18)8-14/h5-8,12,19H,1-4H3/t12-/m1/s1. The normalized spacial score (nSPS) is 12.0. The smallest absolute Gasteiger partial charge is 0.219 e. The molecule has 0 amide bonds. The number of rotatable bonds is 5. The van der Waals surface area contributed by atoms with Gasteiger partial charge in [-0.2, -0.15) is 0 Å². The van der Waals surface area contributed by atoms with Gasteiger partial charge in [0.05, 0.1) is 5.69 Å². The van der Waals surface area contributed by atoms with E-state index in [4.69, 9.17) is 16.3 Å². The third-order valence-electron chi connectivity index (χ3n) is 3.51. The molecule has 0 radical (unpaired) electrons. The number of hydrogen-bond acceptors (Lipinski definition) is 3. The van der Waals surface area contributed by atoms with Crippen LogP contribution in [0.4, 0.5) is 0 Å². The number of ketones is 2. The summed E-state index contributed by atoms with van der Waals surface area (Å²) in [4.78, 5) is 27.2. The fourth-order valence-corrected chi connectivity index (χ4v) is 2.71. The van der Waals surface area contributed by atoms with Crippen molar-refractivity contribution in [1.82, 2.24) is 4.98 Å². The van der Waals surface area contributed by atoms with Crippen LogP contribution in [0.25, 0.3) is 0 Å². The number of Topliss-reactive ketones (excluding diaryl/α,β-unsaturated/α-hetero) is 2. The number of carbonyl (C=O) groups excluding carboxylic acids is 2. The Labute approximate surface area is 134 Å². The lowest BCUT2D eigenvalue weighted by Crippen LogP contribution is -2.25. The van der Waals surface area contributed by atoms with E-state index in [1.165, 1.54) is 6.92 Å². The Bertz CT molecular complexity index is 734. The molecule has 0 spiro atoms. The summed E-state index contributed by atoms with van der Waals surface area (Å²) in [5.41, 5.74) is 2.34. The molecule has 1 atom stereocenters. The van der Waals surface area contributed by atoms with Gasteiger partial charge in [0, 0.05) is 16.3 Å². The highest BCUT2D eigenvalue weighted by atomic mass is 35.5. The van der Waals surface area contributed by atoms with E-state index in [-0.39, 0.29) is 11.6 Å². The molecule has 5 heteroatoms. The quantitative estimate of drug-likeness (QED) is 0.843. The predicted molar refractivity (Wildman–Crippen MR) is 86.1 cm³/mol. The summed E-state index contributed by atoms with van der Waals surface area (Å²) in [7, 11) is 0. The van der Waals surface area contributed by atoms with Crippen LogP contribution < -0.4 is 4.74 Å². The highest BCUT2D eigenvalue weighted by Crippen LogP contribution is 2.22. The van der Waals surface area contributed by atoms with E-state index in [1.54, 1.807) is 45.0 Å². The Balaban J connectivity index is 2.24. The van der Waals surface area contributed by atoms with Crippen molar-refractivity contribution in [1.29, 1.82) is 0 Å². The van der Waals surface area contributed by atoms with Gasteiger partial charge in [-0.3, -0.25) is 9.59 Å². The largest absolute Gasteiger partial charge is 0.482 e. The fourth-order valence-electron chi connectivity index (χ4n) is 2.53. The molecule has 1 N–H and O–H groups in total. The first-order valence-corrected chi connectivity index (χ1v) is 7.35. The molecule has 0 fully saturated rings. The predicted octanol–water partition coefficient (Wildman–Crippen LogP) is 4.14. The van der Waals surface area contributed by atoms with Gasteiger partial charge in [-0.1, -0.05) is 17.7 Å². The Kier molecular flexibility index (Phi) is 4.71. The summed E-state index contributed by atoms with van der Waals surface area (Å²) < 4.78 is 5.64. The molecule has 0 saturated heterocycles. The molecule has 0 unspecified atom stereocenters. The number of nitrogens with one attached hydrogen (secondary N) is 1. The average Bonchev–Trinajstić information content (AvgIpc) is 2.73. The lowest BCUT2D eigenvalue weighted by Gasteiger charge is -2.13. The number of ether oxygens (including phenoxy) is 1. The minimum atomic E-state index is -0.685. The van der Waals surface area contributed by atoms with Gasteiger partial charge < -0.3 is 9.72 Å². The van der Waals surface area contributed by atoms with Gasteiger partial charge in [0.25, 0.3) is 0 Å². The van der Waals surface area contributed by atoms with E-state index in [2.05, 4.69) is 4.98 Å². The van der Waals surface area contributed by atoms with Gasteiger partial charge in [-0.25, -0.2) is 0 Å². The van der Waals surface area contributed by atoms with Crippen molar-refractivity contribution in [2.24, 2.45) is 0 Å². The molecule has 0 aliphatic carbocycles. The first-order chi connectivity index (χ1) is 10.3. The van der Waals surface area contributed by atoms with Crippen LogP contribution in [0.5, 0.6) is 5.75 Å². The molecule has 2 rings (SSSR count). The zero-order chi connectivity index (χ0) is 16.4. The molecule has 22 heavy (non-hydrogen) atoms. The van der Waals surface area contributed by atoms with Crippen molar-refractivity contribution < 1.29 is 14.3 Å². The summed E-state index contributed by atoms with van der Waals surface area (Å²) in [5.74, 6) is 0.267. The summed E-state index contributed by atoms with van der Waals surface area (Å²) in [6.45, 7) is 6.71. The van der Waals surface area contributed by atoms with Crippen LogP contribution in [0.15, 0.2) is 24.3 Å². The third-order valence-corrected chi connectivity index (χ3v) is 3.75. The zero-order valence-electron chi connectivity index (χ0n) is 13.0. The average molecular weight is 320 g/mol. The molecule has 1 aromatic carbocycles. The lowest BCUT2D eigenvalue weighted by molar-refractivity contribution is 0.0812. The van der Waals surface area contributed by atoms with Crippen molar-refractivity contribution in [3.63, 3.8) is 0 Å². The monoisotopic (exact) mass is 319 g/mol. The molecule has 0 bridgehead atoms. The molecule has 1 heterocycles. The molecule has 1 aromatic heterocycles. The number of halogens is 1. The molecule has 0 aliphatic heterocycles. The first kappa shape index (κ1) is 16.3. The maximum absolute atomic E-state index is 12.5. The number of carbonyl (C=O) groups is 2. The van der Waals surface area contributed by atoms with Crippen molar-refractivity contribution in [3.8, 4) is 5.75 Å². The van der Waals surface area contributed by atoms with E-state index in [1.807, 2.05) is 0 Å². The van der Waals surface area contributed by atoms with Gasteiger partial charge in [-0.05, 0) is 51.5 Å². The number of aryl methyl sites for hydroxylation is 1. The lowest BCUT2D eigenvalue weighted by atomic mass is 10.0. The van der Waals surface area contributed by atoms with Gasteiger partial charge in [0.15, 0.2) is 11.9 Å². The second kappa shape index (κ2) is 6.36. The van der Waals surface area contributed by atoms with E-state index < -0.39 is 6.10 Å². The van der Waals surface area contributed by atoms with E-state index >= 15 is 0 Å². The SMILES string of the molecule is CC(=O)c1c(C)[nH]c(C(=O)[C@@H](C)Oc2cccc(Cl)c2)c1C. The van der Waals surface area contributed by atoms with Crippen molar-refractivity contribution in [2.75, 3.05) is 0 Å². The maximum atomic E-state index is 12.5. The van der Waals surface area contributed by atoms with Crippen LogP contribution in [0, 0.1) is 13.8 Å². The van der Waals surface area contributed by atoms with Crippen molar-refractivity contribution in [3.05, 3.63) is 51.8 Å². The maximum Gasteiger partial charge on any atom is 0.219 e. The Morgan fingerprint density at radius 2 is 1.95 bits per heavy atom. The molecule has 116 valence electrons. The summed E-state index contributed by atoms with van der Waals surface area (Å²) in [5, 5.41) is 0.544. The minimum absolute atomic E-state index is 0.0614. The first-order valence-electron chi connectivity index (χ1n) is 6.97.